The molecule has 87 heavy (non-hydrogen) atoms. The monoisotopic (exact) mass is 1240 g/mol. The van der Waals surface area contributed by atoms with Crippen LogP contribution in [0.1, 0.15) is 159 Å². The zero-order valence-electron chi connectivity index (χ0n) is 51.4. The van der Waals surface area contributed by atoms with Crippen molar-refractivity contribution in [1.82, 2.24) is 35.7 Å². The zero-order valence-corrected chi connectivity index (χ0v) is 53.0. The van der Waals surface area contributed by atoms with Crippen molar-refractivity contribution in [2.75, 3.05) is 83.3 Å². The third-order valence-corrected chi connectivity index (χ3v) is 22.1. The Labute approximate surface area is 519 Å². The van der Waals surface area contributed by atoms with Gasteiger partial charge in [-0.3, -0.25) is 33.9 Å². The smallest absolute Gasteiger partial charge is 0.266 e. The van der Waals surface area contributed by atoms with Crippen LogP contribution in [-0.2, 0) is 38.6 Å². The molecule has 1 saturated heterocycles. The van der Waals surface area contributed by atoms with E-state index in [1.807, 2.05) is 36.5 Å². The lowest BCUT2D eigenvalue weighted by atomic mass is 9.82. The molecule has 2 unspecified atom stereocenters. The lowest BCUT2D eigenvalue weighted by Crippen LogP contribution is -2.48. The number of pyridine rings is 1. The van der Waals surface area contributed by atoms with Gasteiger partial charge in [-0.1, -0.05) is 43.1 Å². The minimum atomic E-state index is -4.24. The van der Waals surface area contributed by atoms with E-state index in [1.54, 1.807) is 12.3 Å². The molecule has 2 aromatic heterocycles. The first-order chi connectivity index (χ1) is 42.3. The van der Waals surface area contributed by atoms with Crippen LogP contribution in [0.4, 0.5) is 15.2 Å². The first-order valence-corrected chi connectivity index (χ1v) is 35.2. The maximum Gasteiger partial charge on any atom is 0.266 e. The Bertz CT molecular complexity index is 2930. The number of hydrogen-bond acceptors (Lipinski definition) is 15. The Hall–Kier alpha value is -5.03. The van der Waals surface area contributed by atoms with Crippen molar-refractivity contribution in [2.24, 2.45) is 29.6 Å². The minimum absolute atomic E-state index is 0.00657. The molecule has 3 amide bonds. The van der Waals surface area contributed by atoms with Crippen molar-refractivity contribution in [3.63, 3.8) is 0 Å². The van der Waals surface area contributed by atoms with E-state index in [2.05, 4.69) is 59.9 Å². The van der Waals surface area contributed by atoms with Crippen molar-refractivity contribution in [3.05, 3.63) is 72.3 Å². The number of rotatable bonds is 29. The van der Waals surface area contributed by atoms with E-state index in [1.165, 1.54) is 49.2 Å². The molecule has 10 rings (SSSR count). The van der Waals surface area contributed by atoms with E-state index in [-0.39, 0.29) is 71.1 Å². The SMILES string of the molecule is CN1CC[C@H](C(=O)NCCOC2CCC(OCCCC(=O)NC3CCC(C(=O)NCC4CCC(COCCN(C)[C@H]5CCCCC5Nc5ccc(S(=O)(=O)Nc6nc7ccc(OCC8CCCC8)cc7s6)c(F)c5)CC4)CC3)CC2)C1c1cccnc1. The highest BCUT2D eigenvalue weighted by molar-refractivity contribution is 7.93. The summed E-state index contributed by atoms with van der Waals surface area (Å²) in [6.07, 6.45) is 26.1. The molecule has 4 aromatic rings. The molecule has 0 bridgehead atoms. The summed E-state index contributed by atoms with van der Waals surface area (Å²) in [5.74, 6) is 1.64. The summed E-state index contributed by atoms with van der Waals surface area (Å²) in [4.78, 5) is 52.1. The highest BCUT2D eigenvalue weighted by atomic mass is 32.2. The molecule has 0 radical (unpaired) electrons. The Morgan fingerprint density at radius 3 is 2.26 bits per heavy atom. The molecule has 18 nitrogen and oxygen atoms in total. The Morgan fingerprint density at radius 1 is 0.770 bits per heavy atom. The van der Waals surface area contributed by atoms with Crippen LogP contribution in [0.25, 0.3) is 10.2 Å². The Kier molecular flexibility index (Phi) is 24.0. The number of hydrogen-bond donors (Lipinski definition) is 5. The molecule has 21 heteroatoms. The summed E-state index contributed by atoms with van der Waals surface area (Å²) in [5.41, 5.74) is 2.27. The van der Waals surface area contributed by atoms with E-state index in [0.717, 1.165) is 145 Å². The van der Waals surface area contributed by atoms with Gasteiger partial charge in [-0.15, -0.1) is 0 Å². The number of likely N-dealkylation sites (N-methyl/N-ethyl adjacent to an activating group) is 1. The summed E-state index contributed by atoms with van der Waals surface area (Å²) in [5, 5.41) is 13.3. The lowest BCUT2D eigenvalue weighted by Gasteiger charge is -2.39. The number of halogens is 1. The number of sulfonamides is 1. The van der Waals surface area contributed by atoms with E-state index in [4.69, 9.17) is 18.9 Å². The molecule has 2 aromatic carbocycles. The molecule has 5 saturated carbocycles. The normalized spacial score (nSPS) is 26.6. The number of nitrogens with zero attached hydrogens (tertiary/aromatic N) is 4. The van der Waals surface area contributed by atoms with Crippen LogP contribution in [0.3, 0.4) is 0 Å². The molecular formula is C66H96FN9O9S2. The third kappa shape index (κ3) is 18.8. The van der Waals surface area contributed by atoms with Gasteiger partial charge in [-0.2, -0.15) is 0 Å². The largest absolute Gasteiger partial charge is 0.493 e. The Balaban J connectivity index is 0.536. The number of fused-ring (bicyclic) bond motifs is 1. The maximum absolute atomic E-state index is 15.7. The van der Waals surface area contributed by atoms with Crippen molar-refractivity contribution in [2.45, 2.75) is 189 Å². The molecule has 5 aliphatic carbocycles. The van der Waals surface area contributed by atoms with Crippen molar-refractivity contribution < 1.29 is 46.1 Å². The predicted molar refractivity (Wildman–Crippen MR) is 338 cm³/mol. The molecular weight excluding hydrogens is 1150 g/mol. The highest BCUT2D eigenvalue weighted by Crippen LogP contribution is 2.37. The number of likely N-dealkylation sites (tertiary alicyclic amines) is 1. The van der Waals surface area contributed by atoms with Gasteiger partial charge in [0, 0.05) is 87.4 Å². The van der Waals surface area contributed by atoms with E-state index in [0.29, 0.717) is 81.3 Å². The summed E-state index contributed by atoms with van der Waals surface area (Å²) in [7, 11) is -0.0510. The van der Waals surface area contributed by atoms with Crippen LogP contribution in [0.15, 0.2) is 65.8 Å². The number of carbonyl (C=O) groups excluding carboxylic acids is 3. The van der Waals surface area contributed by atoms with Gasteiger partial charge in [-0.25, -0.2) is 17.8 Å². The number of thiazole rings is 1. The second-order valence-corrected chi connectivity index (χ2v) is 28.6. The predicted octanol–water partition coefficient (Wildman–Crippen LogP) is 10.4. The molecule has 1 aliphatic heterocycles. The zero-order chi connectivity index (χ0) is 60.5. The quantitative estimate of drug-likeness (QED) is 0.0320. The average molecular weight is 1240 g/mol. The maximum atomic E-state index is 15.7. The highest BCUT2D eigenvalue weighted by Gasteiger charge is 2.38. The lowest BCUT2D eigenvalue weighted by molar-refractivity contribution is -0.127. The fourth-order valence-electron chi connectivity index (χ4n) is 14.5. The molecule has 6 aliphatic rings. The van der Waals surface area contributed by atoms with Crippen molar-refractivity contribution in [1.29, 1.82) is 0 Å². The summed E-state index contributed by atoms with van der Waals surface area (Å²) in [6, 6.07) is 14.2. The van der Waals surface area contributed by atoms with Gasteiger partial charge in [0.1, 0.15) is 16.5 Å². The Morgan fingerprint density at radius 2 is 1.51 bits per heavy atom. The summed E-state index contributed by atoms with van der Waals surface area (Å²) in [6.45, 7) is 5.94. The first-order valence-electron chi connectivity index (χ1n) is 32.9. The number of carbonyl (C=O) groups is 3. The van der Waals surface area contributed by atoms with Gasteiger partial charge in [0.2, 0.25) is 17.7 Å². The molecule has 4 atom stereocenters. The number of benzene rings is 2. The first kappa shape index (κ1) is 64.9. The number of anilines is 2. The van der Waals surface area contributed by atoms with Gasteiger partial charge < -0.3 is 40.2 Å². The average Bonchev–Trinajstić information content (AvgIpc) is 3.85. The van der Waals surface area contributed by atoms with Crippen LogP contribution in [0, 0.1) is 35.4 Å². The minimum Gasteiger partial charge on any atom is -0.493 e. The van der Waals surface area contributed by atoms with Crippen LogP contribution in [-0.4, -0.2) is 150 Å². The van der Waals surface area contributed by atoms with Gasteiger partial charge in [-0.05, 0) is 202 Å². The van der Waals surface area contributed by atoms with Gasteiger partial charge in [0.05, 0.1) is 48.2 Å². The van der Waals surface area contributed by atoms with Crippen molar-refractivity contribution in [3.8, 4) is 5.75 Å². The number of ether oxygens (including phenoxy) is 4. The summed E-state index contributed by atoms with van der Waals surface area (Å²) >= 11 is 1.20. The molecule has 478 valence electrons. The van der Waals surface area contributed by atoms with Gasteiger partial charge in [0.15, 0.2) is 5.13 Å². The van der Waals surface area contributed by atoms with E-state index >= 15 is 4.39 Å². The second-order valence-electron chi connectivity index (χ2n) is 25.9. The van der Waals surface area contributed by atoms with Crippen LogP contribution in [0.2, 0.25) is 0 Å². The van der Waals surface area contributed by atoms with Crippen LogP contribution in [0.5, 0.6) is 5.75 Å². The second kappa shape index (κ2) is 32.1. The van der Waals surface area contributed by atoms with E-state index in [9.17, 15) is 22.8 Å². The summed E-state index contributed by atoms with van der Waals surface area (Å²) < 4.78 is 70.5. The third-order valence-electron chi connectivity index (χ3n) is 19.6. The number of aromatic nitrogens is 2. The topological polar surface area (TPSA) is 215 Å². The molecule has 6 fully saturated rings. The van der Waals surface area contributed by atoms with E-state index < -0.39 is 20.7 Å². The number of nitrogens with one attached hydrogen (secondary N) is 5. The van der Waals surface area contributed by atoms with Crippen LogP contribution < -0.4 is 30.7 Å². The fraction of sp³-hybridized carbons (Fsp3) is 0.682. The molecule has 0 spiro atoms. The molecule has 5 N–H and O–H groups in total. The van der Waals surface area contributed by atoms with Gasteiger partial charge in [0.25, 0.3) is 10.0 Å². The van der Waals surface area contributed by atoms with Crippen LogP contribution >= 0.6 is 11.3 Å². The standard InChI is InChI=1S/C66H96FN9O9S2/c1-75(59-13-6-5-12-57(59)71-51-23-30-61(56(67)39-51)87(80,81)74-66-73-58-29-28-54(40-60(58)86-66)85-44-46-9-3-4-10-46)35-38-82-43-47-17-15-45(16-18-47)41-70-64(78)48-19-21-50(22-20-48)72-62(77)14-8-36-83-52-24-26-53(27-25-52)84-37-33-69-65(79)55-31-34-76(2)63(55)49-11-7-32-68-42-49/h7,11,23,28-30,32,39-40,42,45-48,50,52-53,55,57,59,63,71H,3-6,8-10,12-22,24-27,31,33-38,41,43-44H2,1-2H3,(H,69,79)(H,70,78)(H,72,77)(H,73,74)/t45?,47?,48?,50?,52?,53?,55-,57?,59-,63?/m0/s1. The molecule has 3 heterocycles. The van der Waals surface area contributed by atoms with Crippen molar-refractivity contribution >= 4 is 60.1 Å². The number of amides is 3. The fourth-order valence-corrected chi connectivity index (χ4v) is 16.7. The van der Waals surface area contributed by atoms with Gasteiger partial charge >= 0.3 is 0 Å².